The van der Waals surface area contributed by atoms with Crippen LogP contribution in [0, 0.1) is 0 Å². The van der Waals surface area contributed by atoms with Crippen molar-refractivity contribution in [1.82, 2.24) is 5.32 Å². The predicted molar refractivity (Wildman–Crippen MR) is 122 cm³/mol. The Labute approximate surface area is 195 Å². The second-order valence-corrected chi connectivity index (χ2v) is 9.35. The highest BCUT2D eigenvalue weighted by Crippen LogP contribution is 2.45. The molecule has 2 aromatic rings. The first-order chi connectivity index (χ1) is 15.1. The van der Waals surface area contributed by atoms with E-state index < -0.39 is 35.1 Å². The van der Waals surface area contributed by atoms with Gasteiger partial charge in [0.25, 0.3) is 0 Å². The van der Waals surface area contributed by atoms with Gasteiger partial charge in [-0.25, -0.2) is 4.79 Å². The largest absolute Gasteiger partial charge is 0.475 e. The number of halogens is 1. The lowest BCUT2D eigenvalue weighted by Gasteiger charge is -2.36. The lowest BCUT2D eigenvalue weighted by molar-refractivity contribution is -0.147. The number of hydrogen-bond acceptors (Lipinski definition) is 6. The standard InChI is InChI=1S/C24H26BrNO6/c1-5-30-19(27)14-24(21(28)17-13-16(25)11-12-18(17)31-24)20(15-9-7-6-8-10-15)26-22(29)32-23(2,3)4/h6-13,20H,5,14H2,1-4H3,(H,26,29)/t20-,24+/m1/s1. The van der Waals surface area contributed by atoms with Crippen LogP contribution < -0.4 is 10.1 Å². The van der Waals surface area contributed by atoms with Gasteiger partial charge in [0.1, 0.15) is 17.4 Å². The fraction of sp³-hybridized carbons (Fsp3) is 0.375. The van der Waals surface area contributed by atoms with Gasteiger partial charge in [0.2, 0.25) is 11.4 Å². The fourth-order valence-corrected chi connectivity index (χ4v) is 3.98. The molecular weight excluding hydrogens is 478 g/mol. The summed E-state index contributed by atoms with van der Waals surface area (Å²) in [6.07, 6.45) is -1.12. The van der Waals surface area contributed by atoms with Gasteiger partial charge in [-0.15, -0.1) is 0 Å². The molecule has 0 bridgehead atoms. The van der Waals surface area contributed by atoms with Crippen LogP contribution in [-0.4, -0.2) is 35.7 Å². The molecule has 32 heavy (non-hydrogen) atoms. The van der Waals surface area contributed by atoms with Crippen LogP contribution in [0.5, 0.6) is 5.75 Å². The molecule has 0 aromatic heterocycles. The zero-order chi connectivity index (χ0) is 23.5. The molecule has 0 radical (unpaired) electrons. The van der Waals surface area contributed by atoms with Crippen molar-refractivity contribution < 1.29 is 28.6 Å². The maximum Gasteiger partial charge on any atom is 0.408 e. The molecule has 1 aliphatic heterocycles. The van der Waals surface area contributed by atoms with E-state index in [0.717, 1.165) is 0 Å². The van der Waals surface area contributed by atoms with Crippen molar-refractivity contribution in [2.45, 2.75) is 51.4 Å². The zero-order valence-corrected chi connectivity index (χ0v) is 20.0. The number of benzene rings is 2. The van der Waals surface area contributed by atoms with Gasteiger partial charge in [-0.3, -0.25) is 9.59 Å². The van der Waals surface area contributed by atoms with E-state index in [0.29, 0.717) is 21.3 Å². The summed E-state index contributed by atoms with van der Waals surface area (Å²) >= 11 is 3.37. The normalized spacial score (nSPS) is 18.3. The van der Waals surface area contributed by atoms with Crippen LogP contribution >= 0.6 is 15.9 Å². The van der Waals surface area contributed by atoms with Crippen LogP contribution in [0.2, 0.25) is 0 Å². The third kappa shape index (κ3) is 5.12. The highest BCUT2D eigenvalue weighted by atomic mass is 79.9. The second-order valence-electron chi connectivity index (χ2n) is 8.43. The average molecular weight is 504 g/mol. The van der Waals surface area contributed by atoms with Crippen molar-refractivity contribution in [3.8, 4) is 5.75 Å². The van der Waals surface area contributed by atoms with E-state index in [1.54, 1.807) is 70.2 Å². The van der Waals surface area contributed by atoms with Crippen molar-refractivity contribution in [2.24, 2.45) is 0 Å². The maximum absolute atomic E-state index is 13.7. The van der Waals surface area contributed by atoms with Gasteiger partial charge < -0.3 is 19.5 Å². The first kappa shape index (κ1) is 23.8. The van der Waals surface area contributed by atoms with E-state index in [9.17, 15) is 14.4 Å². The minimum absolute atomic E-state index is 0.150. The summed E-state index contributed by atoms with van der Waals surface area (Å²) in [6.45, 7) is 7.05. The summed E-state index contributed by atoms with van der Waals surface area (Å²) in [5.41, 5.74) is -1.60. The number of carbonyl (C=O) groups is 3. The average Bonchev–Trinajstić information content (AvgIpc) is 2.98. The monoisotopic (exact) mass is 503 g/mol. The van der Waals surface area contributed by atoms with Gasteiger partial charge in [0.05, 0.1) is 18.6 Å². The molecule has 0 saturated carbocycles. The minimum Gasteiger partial charge on any atom is -0.475 e. The number of rotatable bonds is 6. The number of carbonyl (C=O) groups excluding carboxylic acids is 3. The Morgan fingerprint density at radius 3 is 2.47 bits per heavy atom. The molecule has 0 aliphatic carbocycles. The zero-order valence-electron chi connectivity index (χ0n) is 18.4. The van der Waals surface area contributed by atoms with E-state index in [1.807, 2.05) is 6.07 Å². The van der Waals surface area contributed by atoms with Crippen LogP contribution in [0.15, 0.2) is 53.0 Å². The smallest absolute Gasteiger partial charge is 0.408 e. The molecule has 2 aromatic carbocycles. The molecule has 2 atom stereocenters. The molecule has 0 spiro atoms. The molecule has 3 rings (SSSR count). The first-order valence-corrected chi connectivity index (χ1v) is 11.1. The van der Waals surface area contributed by atoms with E-state index >= 15 is 0 Å². The van der Waals surface area contributed by atoms with Gasteiger partial charge >= 0.3 is 12.1 Å². The van der Waals surface area contributed by atoms with Gasteiger partial charge in [-0.1, -0.05) is 46.3 Å². The number of fused-ring (bicyclic) bond motifs is 1. The molecule has 0 fully saturated rings. The van der Waals surface area contributed by atoms with Crippen molar-refractivity contribution in [3.05, 3.63) is 64.1 Å². The number of esters is 1. The number of hydrogen-bond donors (Lipinski definition) is 1. The van der Waals surface area contributed by atoms with E-state index in [4.69, 9.17) is 14.2 Å². The van der Waals surface area contributed by atoms with E-state index in [-0.39, 0.29) is 13.0 Å². The van der Waals surface area contributed by atoms with Crippen molar-refractivity contribution in [3.63, 3.8) is 0 Å². The molecular formula is C24H26BrNO6. The number of Topliss-reactive ketones (excluding diaryl/α,β-unsaturated/α-hetero) is 1. The molecule has 0 saturated heterocycles. The number of nitrogens with one attached hydrogen (secondary N) is 1. The van der Waals surface area contributed by atoms with Crippen molar-refractivity contribution in [1.29, 1.82) is 0 Å². The van der Waals surface area contributed by atoms with Crippen molar-refractivity contribution in [2.75, 3.05) is 6.61 Å². The van der Waals surface area contributed by atoms with Crippen LogP contribution in [-0.2, 0) is 14.3 Å². The van der Waals surface area contributed by atoms with Crippen molar-refractivity contribution >= 4 is 33.8 Å². The number of ketones is 1. The minimum atomic E-state index is -1.74. The number of ether oxygens (including phenoxy) is 3. The van der Waals surface area contributed by atoms with Gasteiger partial charge in [-0.05, 0) is 51.5 Å². The van der Waals surface area contributed by atoms with E-state index in [1.165, 1.54) is 0 Å². The third-order valence-electron chi connectivity index (χ3n) is 4.84. The van der Waals surface area contributed by atoms with Gasteiger partial charge in [-0.2, -0.15) is 0 Å². The Hall–Kier alpha value is -2.87. The highest BCUT2D eigenvalue weighted by molar-refractivity contribution is 9.10. The Morgan fingerprint density at radius 2 is 1.84 bits per heavy atom. The summed E-state index contributed by atoms with van der Waals surface area (Å²) in [5, 5.41) is 2.77. The van der Waals surface area contributed by atoms with Gasteiger partial charge in [0.15, 0.2) is 0 Å². The second kappa shape index (κ2) is 9.32. The van der Waals surface area contributed by atoms with Crippen LogP contribution in [0.25, 0.3) is 0 Å². The summed E-state index contributed by atoms with van der Waals surface area (Å²) in [4.78, 5) is 39.1. The van der Waals surface area contributed by atoms with Crippen LogP contribution in [0.1, 0.15) is 56.1 Å². The third-order valence-corrected chi connectivity index (χ3v) is 5.33. The quantitative estimate of drug-likeness (QED) is 0.558. The molecule has 1 heterocycles. The highest BCUT2D eigenvalue weighted by Gasteiger charge is 2.56. The lowest BCUT2D eigenvalue weighted by Crippen LogP contribution is -2.54. The molecule has 8 heteroatoms. The Morgan fingerprint density at radius 1 is 1.16 bits per heavy atom. The Balaban J connectivity index is 2.11. The maximum atomic E-state index is 13.7. The van der Waals surface area contributed by atoms with Gasteiger partial charge in [0, 0.05) is 4.47 Å². The summed E-state index contributed by atoms with van der Waals surface area (Å²) in [6, 6.07) is 12.9. The molecule has 1 aliphatic rings. The molecule has 1 amide bonds. The fourth-order valence-electron chi connectivity index (χ4n) is 3.61. The number of alkyl carbamates (subject to hydrolysis) is 1. The Kier molecular flexibility index (Phi) is 6.93. The lowest BCUT2D eigenvalue weighted by atomic mass is 9.81. The predicted octanol–water partition coefficient (Wildman–Crippen LogP) is 4.98. The van der Waals surface area contributed by atoms with E-state index in [2.05, 4.69) is 21.2 Å². The summed E-state index contributed by atoms with van der Waals surface area (Å²) < 4.78 is 17.5. The topological polar surface area (TPSA) is 90.9 Å². The molecule has 170 valence electrons. The SMILES string of the molecule is CCOC(=O)C[C@@]1([C@H](NC(=O)OC(C)(C)C)c2ccccc2)Oc2ccc(Br)cc2C1=O. The molecule has 1 N–H and O–H groups in total. The van der Waals surface area contributed by atoms with Crippen LogP contribution in [0.3, 0.4) is 0 Å². The molecule has 7 nitrogen and oxygen atoms in total. The van der Waals surface area contributed by atoms with Crippen LogP contribution in [0.4, 0.5) is 4.79 Å². The molecule has 0 unspecified atom stereocenters. The first-order valence-electron chi connectivity index (χ1n) is 10.3. The Bertz CT molecular complexity index is 1020. The summed E-state index contributed by atoms with van der Waals surface area (Å²) in [5.74, 6) is -0.708. The summed E-state index contributed by atoms with van der Waals surface area (Å²) in [7, 11) is 0. The number of amides is 1.